The fraction of sp³-hybridized carbons (Fsp3) is 0.591. The second-order valence-electron chi connectivity index (χ2n) is 8.32. The highest BCUT2D eigenvalue weighted by Gasteiger charge is 2.37. The van der Waals surface area contributed by atoms with Crippen molar-refractivity contribution in [2.24, 2.45) is 5.92 Å². The van der Waals surface area contributed by atoms with E-state index in [0.717, 1.165) is 0 Å². The molecule has 2 aliphatic rings. The molecule has 3 rings (SSSR count). The fourth-order valence-corrected chi connectivity index (χ4v) is 5.94. The molecule has 1 N–H and O–H groups in total. The van der Waals surface area contributed by atoms with Gasteiger partial charge in [-0.3, -0.25) is 9.59 Å². The maximum Gasteiger partial charge on any atom is 0.321 e. The van der Waals surface area contributed by atoms with Crippen molar-refractivity contribution in [1.29, 1.82) is 0 Å². The minimum atomic E-state index is -3.12. The van der Waals surface area contributed by atoms with Crippen molar-refractivity contribution in [3.05, 3.63) is 30.3 Å². The first-order chi connectivity index (χ1) is 15.2. The maximum absolute atomic E-state index is 12.8. The number of anilines is 1. The fourth-order valence-electron chi connectivity index (χ4n) is 4.21. The summed E-state index contributed by atoms with van der Waals surface area (Å²) in [5.74, 6) is -1.18. The maximum atomic E-state index is 12.8. The number of urea groups is 1. The number of sulfone groups is 1. The van der Waals surface area contributed by atoms with Crippen molar-refractivity contribution in [3.63, 3.8) is 0 Å². The first kappa shape index (κ1) is 24.0. The van der Waals surface area contributed by atoms with Crippen LogP contribution in [0, 0.1) is 5.92 Å². The summed E-state index contributed by atoms with van der Waals surface area (Å²) in [7, 11) is -3.12. The van der Waals surface area contributed by atoms with Gasteiger partial charge in [0.05, 0.1) is 17.4 Å². The van der Waals surface area contributed by atoms with E-state index in [9.17, 15) is 22.8 Å². The Morgan fingerprint density at radius 2 is 1.81 bits per heavy atom. The Bertz CT molecular complexity index is 928. The van der Waals surface area contributed by atoms with E-state index >= 15 is 0 Å². The van der Waals surface area contributed by atoms with Crippen LogP contribution in [0.5, 0.6) is 0 Å². The number of para-hydroxylation sites is 1. The van der Waals surface area contributed by atoms with Gasteiger partial charge in [-0.2, -0.15) is 0 Å². The number of hydrogen-bond donors (Lipinski definition) is 1. The summed E-state index contributed by atoms with van der Waals surface area (Å²) in [6, 6.07) is 8.58. The third-order valence-electron chi connectivity index (χ3n) is 6.05. The summed E-state index contributed by atoms with van der Waals surface area (Å²) in [4.78, 5) is 41.0. The molecule has 176 valence electrons. The second-order valence-corrected chi connectivity index (χ2v) is 10.5. The number of nitrogens with zero attached hydrogens (tertiary/aromatic N) is 2. The van der Waals surface area contributed by atoms with Crippen LogP contribution in [0.15, 0.2) is 30.3 Å². The molecule has 3 amide bonds. The molecule has 0 unspecified atom stereocenters. The summed E-state index contributed by atoms with van der Waals surface area (Å²) >= 11 is 0. The van der Waals surface area contributed by atoms with E-state index < -0.39 is 21.9 Å². The molecule has 0 saturated carbocycles. The molecule has 2 fully saturated rings. The Morgan fingerprint density at radius 1 is 1.16 bits per heavy atom. The Kier molecular flexibility index (Phi) is 7.76. The number of carbonyl (C=O) groups is 3. The molecule has 0 spiro atoms. The van der Waals surface area contributed by atoms with E-state index in [1.54, 1.807) is 24.0 Å². The molecule has 2 aliphatic heterocycles. The highest BCUT2D eigenvalue weighted by Crippen LogP contribution is 2.22. The zero-order valence-electron chi connectivity index (χ0n) is 18.5. The van der Waals surface area contributed by atoms with Gasteiger partial charge < -0.3 is 19.9 Å². The third kappa shape index (κ3) is 5.99. The van der Waals surface area contributed by atoms with Crippen LogP contribution in [0.2, 0.25) is 0 Å². The Hall–Kier alpha value is -2.62. The van der Waals surface area contributed by atoms with Crippen LogP contribution in [0.3, 0.4) is 0 Å². The van der Waals surface area contributed by atoms with Gasteiger partial charge >= 0.3 is 12.0 Å². The number of nitrogens with one attached hydrogen (secondary N) is 1. The minimum absolute atomic E-state index is 0.0449. The second kappa shape index (κ2) is 10.3. The van der Waals surface area contributed by atoms with Crippen LogP contribution >= 0.6 is 0 Å². The van der Waals surface area contributed by atoms with Crippen LogP contribution in [0.25, 0.3) is 0 Å². The van der Waals surface area contributed by atoms with E-state index in [-0.39, 0.29) is 35.4 Å². The number of likely N-dealkylation sites (N-methyl/N-ethyl adjacent to an activating group) is 1. The molecular formula is C22H31N3O6S. The van der Waals surface area contributed by atoms with E-state index in [1.807, 2.05) is 18.2 Å². The molecule has 1 aromatic rings. The largest absolute Gasteiger partial charge is 0.452 e. The van der Waals surface area contributed by atoms with E-state index in [0.29, 0.717) is 44.6 Å². The molecule has 0 bridgehead atoms. The standard InChI is InChI=1S/C22H31N3O6S/c1-3-25(19-11-14-32(29,30)15-19)20(26)16(2)31-21(27)17-9-12-24(13-10-17)22(28)23-18-7-5-4-6-8-18/h4-8,16-17,19H,3,9-15H2,1-2H3,(H,23,28)/t16-,19+/m0/s1. The van der Waals surface area contributed by atoms with Gasteiger partial charge in [0.2, 0.25) is 0 Å². The number of amides is 3. The number of esters is 1. The van der Waals surface area contributed by atoms with Gasteiger partial charge in [0.25, 0.3) is 5.91 Å². The first-order valence-corrected chi connectivity index (χ1v) is 12.8. The van der Waals surface area contributed by atoms with Crippen LogP contribution in [-0.4, -0.2) is 79.4 Å². The van der Waals surface area contributed by atoms with Crippen LogP contribution in [0.4, 0.5) is 10.5 Å². The number of carbonyl (C=O) groups excluding carboxylic acids is 3. The minimum Gasteiger partial charge on any atom is -0.452 e. The lowest BCUT2D eigenvalue weighted by molar-refractivity contribution is -0.164. The summed E-state index contributed by atoms with van der Waals surface area (Å²) in [6.45, 7) is 4.50. The average molecular weight is 466 g/mol. The lowest BCUT2D eigenvalue weighted by Gasteiger charge is -2.32. The van der Waals surface area contributed by atoms with Gasteiger partial charge in [-0.15, -0.1) is 0 Å². The molecular weight excluding hydrogens is 434 g/mol. The molecule has 2 heterocycles. The first-order valence-electron chi connectivity index (χ1n) is 11.0. The van der Waals surface area contributed by atoms with Gasteiger partial charge in [0.1, 0.15) is 0 Å². The SMILES string of the molecule is CCN(C(=O)[C@H](C)OC(=O)C1CCN(C(=O)Nc2ccccc2)CC1)[C@@H]1CCS(=O)(=O)C1. The topological polar surface area (TPSA) is 113 Å². The zero-order valence-corrected chi connectivity index (χ0v) is 19.3. The quantitative estimate of drug-likeness (QED) is 0.642. The van der Waals surface area contributed by atoms with Gasteiger partial charge in [0, 0.05) is 31.4 Å². The zero-order chi connectivity index (χ0) is 23.3. The molecule has 0 aromatic heterocycles. The number of hydrogen-bond acceptors (Lipinski definition) is 6. The predicted molar refractivity (Wildman–Crippen MR) is 120 cm³/mol. The molecule has 2 atom stereocenters. The van der Waals surface area contributed by atoms with Crippen LogP contribution in [-0.2, 0) is 24.2 Å². The van der Waals surface area contributed by atoms with Crippen molar-refractivity contribution in [3.8, 4) is 0 Å². The summed E-state index contributed by atoms with van der Waals surface area (Å²) < 4.78 is 29.0. The van der Waals surface area contributed by atoms with Gasteiger partial charge in [-0.05, 0) is 45.2 Å². The van der Waals surface area contributed by atoms with Crippen molar-refractivity contribution >= 4 is 33.4 Å². The summed E-state index contributed by atoms with van der Waals surface area (Å²) in [5.41, 5.74) is 0.710. The van der Waals surface area contributed by atoms with Gasteiger partial charge in [0.15, 0.2) is 15.9 Å². The normalized spacial score (nSPS) is 21.6. The molecule has 1 aromatic carbocycles. The predicted octanol–water partition coefficient (Wildman–Crippen LogP) is 1.90. The number of ether oxygens (including phenoxy) is 1. The van der Waals surface area contributed by atoms with Crippen molar-refractivity contribution in [2.75, 3.05) is 36.5 Å². The van der Waals surface area contributed by atoms with Crippen molar-refractivity contribution < 1.29 is 27.5 Å². The number of likely N-dealkylation sites (tertiary alicyclic amines) is 1. The summed E-state index contributed by atoms with van der Waals surface area (Å²) in [5, 5.41) is 2.83. The Balaban J connectivity index is 1.47. The Morgan fingerprint density at radius 3 is 2.38 bits per heavy atom. The molecule has 0 radical (unpaired) electrons. The lowest BCUT2D eigenvalue weighted by atomic mass is 9.97. The molecule has 32 heavy (non-hydrogen) atoms. The molecule has 2 saturated heterocycles. The molecule has 0 aliphatic carbocycles. The van der Waals surface area contributed by atoms with Crippen LogP contribution < -0.4 is 5.32 Å². The number of piperidine rings is 1. The van der Waals surface area contributed by atoms with E-state index in [2.05, 4.69) is 5.32 Å². The lowest BCUT2D eigenvalue weighted by Crippen LogP contribution is -2.47. The number of benzene rings is 1. The third-order valence-corrected chi connectivity index (χ3v) is 7.80. The highest BCUT2D eigenvalue weighted by molar-refractivity contribution is 7.91. The summed E-state index contributed by atoms with van der Waals surface area (Å²) in [6.07, 6.45) is 0.345. The molecule has 9 nitrogen and oxygen atoms in total. The van der Waals surface area contributed by atoms with Crippen molar-refractivity contribution in [1.82, 2.24) is 9.80 Å². The monoisotopic (exact) mass is 465 g/mol. The smallest absolute Gasteiger partial charge is 0.321 e. The average Bonchev–Trinajstić information content (AvgIpc) is 3.14. The number of rotatable bonds is 6. The highest BCUT2D eigenvalue weighted by atomic mass is 32.2. The van der Waals surface area contributed by atoms with Gasteiger partial charge in [-0.1, -0.05) is 18.2 Å². The van der Waals surface area contributed by atoms with Crippen molar-refractivity contribution in [2.45, 2.75) is 45.3 Å². The molecule has 10 heteroatoms. The van der Waals surface area contributed by atoms with Crippen LogP contribution in [0.1, 0.15) is 33.1 Å². The Labute approximate surface area is 189 Å². The van der Waals surface area contributed by atoms with E-state index in [1.165, 1.54) is 11.8 Å². The van der Waals surface area contributed by atoms with E-state index in [4.69, 9.17) is 4.74 Å². The van der Waals surface area contributed by atoms with Gasteiger partial charge in [-0.25, -0.2) is 13.2 Å².